The van der Waals surface area contributed by atoms with Crippen molar-refractivity contribution in [1.82, 2.24) is 0 Å². The zero-order valence-electron chi connectivity index (χ0n) is 7.12. The molecule has 1 aromatic carbocycles. The van der Waals surface area contributed by atoms with Crippen LogP contribution in [-0.4, -0.2) is 6.10 Å². The van der Waals surface area contributed by atoms with E-state index >= 15 is 0 Å². The molecule has 1 fully saturated rings. The molecule has 0 bridgehead atoms. The first-order valence-electron chi connectivity index (χ1n) is 4.00. The van der Waals surface area contributed by atoms with Gasteiger partial charge in [-0.05, 0) is 24.6 Å². The number of halogens is 1. The summed E-state index contributed by atoms with van der Waals surface area (Å²) in [6, 6.07) is 9.50. The van der Waals surface area contributed by atoms with E-state index in [1.807, 2.05) is 25.1 Å². The largest absolute Gasteiger partial charge is 0.345 e. The Labute approximate surface area is 81.7 Å². The van der Waals surface area contributed by atoms with Gasteiger partial charge in [0.05, 0.1) is 6.07 Å². The van der Waals surface area contributed by atoms with Crippen LogP contribution in [0.15, 0.2) is 24.3 Å². The molecular weight excluding hydrogens is 186 g/mol. The minimum absolute atomic E-state index is 0.328. The lowest BCUT2D eigenvalue weighted by Gasteiger charge is -2.04. The summed E-state index contributed by atoms with van der Waals surface area (Å²) in [5.41, 5.74) is 0.520. The first kappa shape index (κ1) is 8.55. The summed E-state index contributed by atoms with van der Waals surface area (Å²) in [6.07, 6.45) is -0.328. The van der Waals surface area contributed by atoms with Crippen molar-refractivity contribution in [3.05, 3.63) is 34.9 Å². The maximum atomic E-state index is 8.66. The highest BCUT2D eigenvalue weighted by atomic mass is 35.5. The first-order valence-corrected chi connectivity index (χ1v) is 4.38. The molecule has 1 aliphatic rings. The van der Waals surface area contributed by atoms with Crippen LogP contribution in [0.2, 0.25) is 5.02 Å². The van der Waals surface area contributed by atoms with E-state index in [2.05, 4.69) is 6.07 Å². The van der Waals surface area contributed by atoms with Crippen LogP contribution in [0.5, 0.6) is 0 Å². The second-order valence-electron chi connectivity index (χ2n) is 3.24. The molecule has 1 saturated heterocycles. The van der Waals surface area contributed by atoms with Gasteiger partial charge in [-0.3, -0.25) is 0 Å². The van der Waals surface area contributed by atoms with Gasteiger partial charge < -0.3 is 4.74 Å². The van der Waals surface area contributed by atoms with Gasteiger partial charge in [0.1, 0.15) is 5.60 Å². The van der Waals surface area contributed by atoms with Gasteiger partial charge >= 0.3 is 0 Å². The van der Waals surface area contributed by atoms with Gasteiger partial charge in [0.25, 0.3) is 0 Å². The fourth-order valence-corrected chi connectivity index (χ4v) is 1.57. The molecule has 0 aromatic heterocycles. The predicted molar refractivity (Wildman–Crippen MR) is 49.3 cm³/mol. The Morgan fingerprint density at radius 3 is 2.92 bits per heavy atom. The third kappa shape index (κ3) is 1.31. The predicted octanol–water partition coefficient (Wildman–Crippen LogP) is 2.48. The van der Waals surface area contributed by atoms with Crippen molar-refractivity contribution in [3.63, 3.8) is 0 Å². The van der Waals surface area contributed by atoms with Gasteiger partial charge in [0.15, 0.2) is 6.10 Å². The van der Waals surface area contributed by atoms with Crippen molar-refractivity contribution in [1.29, 1.82) is 5.26 Å². The summed E-state index contributed by atoms with van der Waals surface area (Å²) in [6.45, 7) is 1.90. The molecule has 1 aliphatic heterocycles. The molecular formula is C10H8ClNO. The second-order valence-corrected chi connectivity index (χ2v) is 3.68. The summed E-state index contributed by atoms with van der Waals surface area (Å²) < 4.78 is 5.27. The van der Waals surface area contributed by atoms with Crippen molar-refractivity contribution < 1.29 is 4.74 Å². The highest BCUT2D eigenvalue weighted by molar-refractivity contribution is 6.30. The summed E-state index contributed by atoms with van der Waals surface area (Å²) >= 11 is 5.83. The van der Waals surface area contributed by atoms with Gasteiger partial charge in [0, 0.05) is 5.02 Å². The molecule has 0 N–H and O–H groups in total. The lowest BCUT2D eigenvalue weighted by Crippen LogP contribution is -2.05. The molecule has 1 heterocycles. The first-order chi connectivity index (χ1) is 6.16. The van der Waals surface area contributed by atoms with E-state index < -0.39 is 5.60 Å². The molecule has 2 rings (SSSR count). The van der Waals surface area contributed by atoms with Crippen molar-refractivity contribution in [2.24, 2.45) is 0 Å². The van der Waals surface area contributed by atoms with Crippen LogP contribution in [0.4, 0.5) is 0 Å². The highest BCUT2D eigenvalue weighted by Crippen LogP contribution is 2.45. The number of nitrogens with zero attached hydrogens (tertiary/aromatic N) is 1. The molecule has 0 aliphatic carbocycles. The summed E-state index contributed by atoms with van der Waals surface area (Å²) in [5, 5.41) is 9.34. The number of ether oxygens (including phenoxy) is 1. The highest BCUT2D eigenvalue weighted by Gasteiger charge is 2.54. The van der Waals surface area contributed by atoms with Crippen molar-refractivity contribution >= 4 is 11.6 Å². The molecule has 0 amide bonds. The Kier molecular flexibility index (Phi) is 1.80. The number of hydrogen-bond donors (Lipinski definition) is 0. The number of nitriles is 1. The van der Waals surface area contributed by atoms with E-state index in [-0.39, 0.29) is 6.10 Å². The van der Waals surface area contributed by atoms with Gasteiger partial charge in [-0.1, -0.05) is 23.7 Å². The van der Waals surface area contributed by atoms with Gasteiger partial charge in [-0.25, -0.2) is 0 Å². The van der Waals surface area contributed by atoms with Crippen LogP contribution in [0, 0.1) is 11.3 Å². The van der Waals surface area contributed by atoms with Gasteiger partial charge in [-0.15, -0.1) is 0 Å². The number of benzene rings is 1. The maximum Gasteiger partial charge on any atom is 0.178 e. The summed E-state index contributed by atoms with van der Waals surface area (Å²) in [7, 11) is 0. The molecule has 0 saturated carbocycles. The number of rotatable bonds is 1. The Morgan fingerprint density at radius 1 is 1.62 bits per heavy atom. The molecule has 66 valence electrons. The molecule has 0 spiro atoms. The van der Waals surface area contributed by atoms with E-state index in [4.69, 9.17) is 21.6 Å². The van der Waals surface area contributed by atoms with Crippen molar-refractivity contribution in [2.45, 2.75) is 18.6 Å². The van der Waals surface area contributed by atoms with Crippen LogP contribution >= 0.6 is 11.6 Å². The lowest BCUT2D eigenvalue weighted by atomic mass is 9.98. The minimum Gasteiger partial charge on any atom is -0.345 e. The normalized spacial score (nSPS) is 31.0. The van der Waals surface area contributed by atoms with Crippen LogP contribution < -0.4 is 0 Å². The monoisotopic (exact) mass is 193 g/mol. The van der Waals surface area contributed by atoms with E-state index in [0.29, 0.717) is 5.02 Å². The number of hydrogen-bond acceptors (Lipinski definition) is 2. The molecule has 3 heteroatoms. The topological polar surface area (TPSA) is 36.3 Å². The molecule has 2 atom stereocenters. The fourth-order valence-electron chi connectivity index (χ4n) is 1.38. The Hall–Kier alpha value is -1.04. The lowest BCUT2D eigenvalue weighted by molar-refractivity contribution is 0.321. The Bertz CT molecular complexity index is 385. The molecule has 13 heavy (non-hydrogen) atoms. The maximum absolute atomic E-state index is 8.66. The Morgan fingerprint density at radius 2 is 2.38 bits per heavy atom. The van der Waals surface area contributed by atoms with Crippen LogP contribution in [-0.2, 0) is 10.3 Å². The standard InChI is InChI=1S/C10H8ClNO/c1-10(9(6-12)13-10)7-3-2-4-8(11)5-7/h2-5,9H,1H3. The van der Waals surface area contributed by atoms with E-state index in [1.165, 1.54) is 0 Å². The van der Waals surface area contributed by atoms with Crippen molar-refractivity contribution in [2.75, 3.05) is 0 Å². The van der Waals surface area contributed by atoms with E-state index in [1.54, 1.807) is 6.07 Å². The molecule has 0 radical (unpaired) electrons. The zero-order valence-corrected chi connectivity index (χ0v) is 7.88. The average Bonchev–Trinajstić information content (AvgIpc) is 2.79. The third-order valence-electron chi connectivity index (χ3n) is 2.32. The molecule has 2 unspecified atom stereocenters. The quantitative estimate of drug-likeness (QED) is 0.643. The molecule has 2 nitrogen and oxygen atoms in total. The summed E-state index contributed by atoms with van der Waals surface area (Å²) in [4.78, 5) is 0. The minimum atomic E-state index is -0.445. The van der Waals surface area contributed by atoms with Gasteiger partial charge in [-0.2, -0.15) is 5.26 Å². The van der Waals surface area contributed by atoms with E-state index in [9.17, 15) is 0 Å². The molecule has 1 aromatic rings. The fraction of sp³-hybridized carbons (Fsp3) is 0.300. The van der Waals surface area contributed by atoms with Gasteiger partial charge in [0.2, 0.25) is 0 Å². The summed E-state index contributed by atoms with van der Waals surface area (Å²) in [5.74, 6) is 0. The zero-order chi connectivity index (χ0) is 9.47. The average molecular weight is 194 g/mol. The Balaban J connectivity index is 2.34. The second kappa shape index (κ2) is 2.73. The SMILES string of the molecule is CC1(c2cccc(Cl)c2)OC1C#N. The van der Waals surface area contributed by atoms with Crippen LogP contribution in [0.3, 0.4) is 0 Å². The van der Waals surface area contributed by atoms with E-state index in [0.717, 1.165) is 5.56 Å². The van der Waals surface area contributed by atoms with Crippen LogP contribution in [0.1, 0.15) is 12.5 Å². The smallest absolute Gasteiger partial charge is 0.178 e. The third-order valence-corrected chi connectivity index (χ3v) is 2.56. The van der Waals surface area contributed by atoms with Crippen molar-refractivity contribution in [3.8, 4) is 6.07 Å². The van der Waals surface area contributed by atoms with Crippen LogP contribution in [0.25, 0.3) is 0 Å². The number of epoxide rings is 1.